The molecule has 2 amide bonds. The number of piperazine rings is 1. The maximum absolute atomic E-state index is 12.8. The van der Waals surface area contributed by atoms with Crippen molar-refractivity contribution in [1.29, 1.82) is 0 Å². The number of morpholine rings is 1. The lowest BCUT2D eigenvalue weighted by Gasteiger charge is -2.43. The first kappa shape index (κ1) is 17.0. The highest BCUT2D eigenvalue weighted by Gasteiger charge is 2.35. The van der Waals surface area contributed by atoms with E-state index in [1.807, 2.05) is 4.90 Å². The van der Waals surface area contributed by atoms with Gasteiger partial charge in [-0.1, -0.05) is 0 Å². The molecule has 0 aromatic carbocycles. The molecule has 3 aliphatic heterocycles. The molecule has 1 unspecified atom stereocenters. The number of rotatable bonds is 1. The molecule has 0 radical (unpaired) electrons. The number of ether oxygens (including phenoxy) is 1. The summed E-state index contributed by atoms with van der Waals surface area (Å²) in [5.74, 6) is 0. The molecule has 0 aromatic rings. The van der Waals surface area contributed by atoms with Crippen molar-refractivity contribution in [3.63, 3.8) is 0 Å². The molecule has 0 N–H and O–H groups in total. The third-order valence-corrected chi connectivity index (χ3v) is 5.49. The number of carbonyl (C=O) groups excluding carboxylic acids is 1. The SMILES string of the molecule is CC(C)(C)N1CCN(C(=O)N2CCC(N3CCOCC3)C2)CC1. The molecular formula is C17H32N4O2. The maximum Gasteiger partial charge on any atom is 0.320 e. The van der Waals surface area contributed by atoms with Crippen LogP contribution in [0, 0.1) is 0 Å². The zero-order valence-corrected chi connectivity index (χ0v) is 15.0. The van der Waals surface area contributed by atoms with E-state index in [1.54, 1.807) is 0 Å². The van der Waals surface area contributed by atoms with Crippen LogP contribution in [0.2, 0.25) is 0 Å². The van der Waals surface area contributed by atoms with Gasteiger partial charge in [0.15, 0.2) is 0 Å². The normalized spacial score (nSPS) is 28.4. The third kappa shape index (κ3) is 3.98. The lowest BCUT2D eigenvalue weighted by molar-refractivity contribution is 0.0184. The molecule has 23 heavy (non-hydrogen) atoms. The van der Waals surface area contributed by atoms with Crippen molar-refractivity contribution in [2.45, 2.75) is 38.8 Å². The van der Waals surface area contributed by atoms with Crippen molar-refractivity contribution in [2.75, 3.05) is 65.6 Å². The van der Waals surface area contributed by atoms with E-state index in [2.05, 4.69) is 35.5 Å². The largest absolute Gasteiger partial charge is 0.379 e. The van der Waals surface area contributed by atoms with Crippen LogP contribution in [-0.2, 0) is 4.74 Å². The van der Waals surface area contributed by atoms with Crippen molar-refractivity contribution in [3.8, 4) is 0 Å². The van der Waals surface area contributed by atoms with Gasteiger partial charge in [0.2, 0.25) is 0 Å². The first-order valence-corrected chi connectivity index (χ1v) is 9.06. The number of nitrogens with zero attached hydrogens (tertiary/aromatic N) is 4. The monoisotopic (exact) mass is 324 g/mol. The van der Waals surface area contributed by atoms with Crippen LogP contribution in [0.1, 0.15) is 27.2 Å². The summed E-state index contributed by atoms with van der Waals surface area (Å²) in [6.07, 6.45) is 1.10. The van der Waals surface area contributed by atoms with Crippen molar-refractivity contribution in [2.24, 2.45) is 0 Å². The van der Waals surface area contributed by atoms with E-state index in [0.29, 0.717) is 6.04 Å². The Labute approximate surface area is 140 Å². The molecule has 6 heteroatoms. The van der Waals surface area contributed by atoms with Crippen molar-refractivity contribution in [1.82, 2.24) is 19.6 Å². The maximum atomic E-state index is 12.8. The average molecular weight is 324 g/mol. The highest BCUT2D eigenvalue weighted by Crippen LogP contribution is 2.20. The summed E-state index contributed by atoms with van der Waals surface area (Å²) >= 11 is 0. The highest BCUT2D eigenvalue weighted by molar-refractivity contribution is 5.75. The molecule has 3 saturated heterocycles. The standard InChI is InChI=1S/C17H32N4O2/c1-17(2,3)21-8-6-19(7-9-21)16(22)20-5-4-15(14-20)18-10-12-23-13-11-18/h15H,4-14H2,1-3H3. The Morgan fingerprint density at radius 3 is 2.17 bits per heavy atom. The summed E-state index contributed by atoms with van der Waals surface area (Å²) in [6.45, 7) is 15.9. The molecular weight excluding hydrogens is 292 g/mol. The molecule has 0 spiro atoms. The molecule has 3 fully saturated rings. The fourth-order valence-electron chi connectivity index (χ4n) is 3.92. The van der Waals surface area contributed by atoms with Crippen LogP contribution in [0.3, 0.4) is 0 Å². The minimum absolute atomic E-state index is 0.199. The predicted octanol–water partition coefficient (Wildman–Crippen LogP) is 0.929. The van der Waals surface area contributed by atoms with E-state index in [9.17, 15) is 4.79 Å². The summed E-state index contributed by atoms with van der Waals surface area (Å²) < 4.78 is 5.43. The van der Waals surface area contributed by atoms with Gasteiger partial charge in [0.1, 0.15) is 0 Å². The topological polar surface area (TPSA) is 39.3 Å². The van der Waals surface area contributed by atoms with Gasteiger partial charge in [-0.2, -0.15) is 0 Å². The van der Waals surface area contributed by atoms with Gasteiger partial charge in [0, 0.05) is 63.9 Å². The van der Waals surface area contributed by atoms with E-state index < -0.39 is 0 Å². The minimum atomic E-state index is 0.199. The van der Waals surface area contributed by atoms with Crippen LogP contribution < -0.4 is 0 Å². The summed E-state index contributed by atoms with van der Waals surface area (Å²) in [4.78, 5) is 21.8. The predicted molar refractivity (Wildman–Crippen MR) is 90.7 cm³/mol. The second-order valence-corrected chi connectivity index (χ2v) is 7.96. The number of amides is 2. The highest BCUT2D eigenvalue weighted by atomic mass is 16.5. The second kappa shape index (κ2) is 6.95. The number of likely N-dealkylation sites (tertiary alicyclic amines) is 1. The Morgan fingerprint density at radius 1 is 0.913 bits per heavy atom. The van der Waals surface area contributed by atoms with Crippen LogP contribution in [0.15, 0.2) is 0 Å². The van der Waals surface area contributed by atoms with Gasteiger partial charge < -0.3 is 14.5 Å². The van der Waals surface area contributed by atoms with E-state index in [4.69, 9.17) is 4.74 Å². The van der Waals surface area contributed by atoms with Gasteiger partial charge in [-0.15, -0.1) is 0 Å². The Balaban J connectivity index is 1.48. The van der Waals surface area contributed by atoms with Crippen molar-refractivity contribution in [3.05, 3.63) is 0 Å². The molecule has 0 aromatic heterocycles. The first-order valence-electron chi connectivity index (χ1n) is 9.06. The van der Waals surface area contributed by atoms with Gasteiger partial charge in [-0.3, -0.25) is 9.80 Å². The third-order valence-electron chi connectivity index (χ3n) is 5.49. The Kier molecular flexibility index (Phi) is 5.13. The summed E-state index contributed by atoms with van der Waals surface area (Å²) in [5, 5.41) is 0. The van der Waals surface area contributed by atoms with Gasteiger partial charge in [-0.05, 0) is 27.2 Å². The van der Waals surface area contributed by atoms with Gasteiger partial charge >= 0.3 is 6.03 Å². The Morgan fingerprint density at radius 2 is 1.57 bits per heavy atom. The first-order chi connectivity index (χ1) is 10.9. The average Bonchev–Trinajstić information content (AvgIpc) is 3.04. The smallest absolute Gasteiger partial charge is 0.320 e. The van der Waals surface area contributed by atoms with Crippen molar-refractivity contribution < 1.29 is 9.53 Å². The summed E-state index contributed by atoms with van der Waals surface area (Å²) in [5.41, 5.74) is 0.199. The molecule has 1 atom stereocenters. The molecule has 0 saturated carbocycles. The molecule has 0 aliphatic carbocycles. The molecule has 3 heterocycles. The fraction of sp³-hybridized carbons (Fsp3) is 0.941. The molecule has 3 rings (SSSR count). The van der Waals surface area contributed by atoms with Gasteiger partial charge in [-0.25, -0.2) is 4.79 Å². The lowest BCUT2D eigenvalue weighted by atomic mass is 10.1. The zero-order valence-electron chi connectivity index (χ0n) is 15.0. The zero-order chi connectivity index (χ0) is 16.4. The van der Waals surface area contributed by atoms with Crippen LogP contribution in [0.4, 0.5) is 4.79 Å². The van der Waals surface area contributed by atoms with E-state index >= 15 is 0 Å². The molecule has 132 valence electrons. The Hall–Kier alpha value is -0.850. The van der Waals surface area contributed by atoms with Crippen molar-refractivity contribution >= 4 is 6.03 Å². The van der Waals surface area contributed by atoms with Crippen LogP contribution in [0.5, 0.6) is 0 Å². The number of hydrogen-bond donors (Lipinski definition) is 0. The lowest BCUT2D eigenvalue weighted by Crippen LogP contribution is -2.57. The van der Waals surface area contributed by atoms with Gasteiger partial charge in [0.05, 0.1) is 13.2 Å². The van der Waals surface area contributed by atoms with E-state index in [1.165, 1.54) is 0 Å². The van der Waals surface area contributed by atoms with Crippen LogP contribution >= 0.6 is 0 Å². The Bertz CT molecular complexity index is 409. The second-order valence-electron chi connectivity index (χ2n) is 7.96. The molecule has 6 nitrogen and oxygen atoms in total. The fourth-order valence-corrected chi connectivity index (χ4v) is 3.92. The van der Waals surface area contributed by atoms with E-state index in [0.717, 1.165) is 72.0 Å². The summed E-state index contributed by atoms with van der Waals surface area (Å²) in [7, 11) is 0. The number of hydrogen-bond acceptors (Lipinski definition) is 4. The van der Waals surface area contributed by atoms with Crippen LogP contribution in [0.25, 0.3) is 0 Å². The van der Waals surface area contributed by atoms with Gasteiger partial charge in [0.25, 0.3) is 0 Å². The minimum Gasteiger partial charge on any atom is -0.379 e. The quantitative estimate of drug-likeness (QED) is 0.719. The molecule has 3 aliphatic rings. The molecule has 0 bridgehead atoms. The summed E-state index contributed by atoms with van der Waals surface area (Å²) in [6, 6.07) is 0.771. The number of urea groups is 1. The number of carbonyl (C=O) groups is 1. The van der Waals surface area contributed by atoms with E-state index in [-0.39, 0.29) is 11.6 Å². The van der Waals surface area contributed by atoms with Crippen LogP contribution in [-0.4, -0.2) is 103 Å².